The highest BCUT2D eigenvalue weighted by Crippen LogP contribution is 2.29. The van der Waals surface area contributed by atoms with Gasteiger partial charge in [-0.05, 0) is 18.2 Å². The maximum Gasteiger partial charge on any atom is 0.306 e. The molecule has 1 aromatic carbocycles. The molecule has 144 valence electrons. The molecule has 27 heavy (non-hydrogen) atoms. The number of carbonyl (C=O) groups is 2. The van der Waals surface area contributed by atoms with Gasteiger partial charge in [0.25, 0.3) is 5.91 Å². The zero-order valence-corrected chi connectivity index (χ0v) is 15.6. The van der Waals surface area contributed by atoms with Gasteiger partial charge in [-0.25, -0.2) is 4.98 Å². The number of hydrogen-bond donors (Lipinski definition) is 1. The number of aliphatic carboxylic acids is 1. The third kappa shape index (κ3) is 4.95. The standard InChI is InChI=1S/C18H20N2O6S/c1-24-16-6-12(2-3-15(16)26-9-13-10-27-11-19-13)18(23)20-4-5-25-14(8-20)7-17(21)22/h2-3,6,10-11,14H,4-5,7-9H2,1H3,(H,21,22). The van der Waals surface area contributed by atoms with Crippen molar-refractivity contribution in [1.82, 2.24) is 9.88 Å². The fourth-order valence-electron chi connectivity index (χ4n) is 2.79. The molecule has 0 bridgehead atoms. The number of ether oxygens (including phenoxy) is 3. The number of hydrogen-bond acceptors (Lipinski definition) is 7. The second kappa shape index (κ2) is 8.83. The molecule has 0 saturated carbocycles. The van der Waals surface area contributed by atoms with E-state index in [1.165, 1.54) is 18.4 Å². The zero-order valence-electron chi connectivity index (χ0n) is 14.8. The van der Waals surface area contributed by atoms with E-state index in [9.17, 15) is 9.59 Å². The van der Waals surface area contributed by atoms with Crippen molar-refractivity contribution in [2.75, 3.05) is 26.8 Å². The lowest BCUT2D eigenvalue weighted by Crippen LogP contribution is -2.46. The van der Waals surface area contributed by atoms with Crippen molar-refractivity contribution in [3.8, 4) is 11.5 Å². The molecule has 1 aliphatic rings. The van der Waals surface area contributed by atoms with E-state index in [0.717, 1.165) is 5.69 Å². The second-order valence-electron chi connectivity index (χ2n) is 5.98. The Morgan fingerprint density at radius 3 is 2.96 bits per heavy atom. The summed E-state index contributed by atoms with van der Waals surface area (Å²) in [4.78, 5) is 29.4. The van der Waals surface area contributed by atoms with Crippen LogP contribution in [0.2, 0.25) is 0 Å². The molecule has 3 rings (SSSR count). The summed E-state index contributed by atoms with van der Waals surface area (Å²) in [6.07, 6.45) is -0.626. The SMILES string of the molecule is COc1cc(C(=O)N2CCOC(CC(=O)O)C2)ccc1OCc1cscn1. The molecule has 1 aliphatic heterocycles. The Morgan fingerprint density at radius 1 is 1.41 bits per heavy atom. The molecule has 1 aromatic heterocycles. The monoisotopic (exact) mass is 392 g/mol. The Hall–Kier alpha value is -2.65. The van der Waals surface area contributed by atoms with Gasteiger partial charge in [-0.2, -0.15) is 0 Å². The summed E-state index contributed by atoms with van der Waals surface area (Å²) >= 11 is 1.49. The number of methoxy groups -OCH3 is 1. The first-order valence-corrected chi connectivity index (χ1v) is 9.31. The number of amides is 1. The van der Waals surface area contributed by atoms with E-state index in [-0.39, 0.29) is 18.9 Å². The van der Waals surface area contributed by atoms with Gasteiger partial charge < -0.3 is 24.2 Å². The second-order valence-corrected chi connectivity index (χ2v) is 6.69. The highest BCUT2D eigenvalue weighted by Gasteiger charge is 2.27. The lowest BCUT2D eigenvalue weighted by atomic mass is 10.1. The predicted octanol–water partition coefficient (Wildman–Crippen LogP) is 2.05. The van der Waals surface area contributed by atoms with Crippen LogP contribution < -0.4 is 9.47 Å². The van der Waals surface area contributed by atoms with Crippen molar-refractivity contribution in [1.29, 1.82) is 0 Å². The minimum Gasteiger partial charge on any atom is -0.493 e. The summed E-state index contributed by atoms with van der Waals surface area (Å²) in [5, 5.41) is 10.8. The number of benzene rings is 1. The van der Waals surface area contributed by atoms with Gasteiger partial charge >= 0.3 is 5.97 Å². The van der Waals surface area contributed by atoms with Crippen molar-refractivity contribution in [3.63, 3.8) is 0 Å². The molecule has 8 nitrogen and oxygen atoms in total. The molecule has 1 fully saturated rings. The molecule has 1 N–H and O–H groups in total. The van der Waals surface area contributed by atoms with Crippen molar-refractivity contribution in [2.24, 2.45) is 0 Å². The molecular formula is C18H20N2O6S. The van der Waals surface area contributed by atoms with Crippen LogP contribution in [0.5, 0.6) is 11.5 Å². The van der Waals surface area contributed by atoms with Gasteiger partial charge in [-0.1, -0.05) is 0 Å². The minimum atomic E-state index is -0.947. The van der Waals surface area contributed by atoms with Crippen LogP contribution in [0.25, 0.3) is 0 Å². The van der Waals surface area contributed by atoms with Crippen LogP contribution >= 0.6 is 11.3 Å². The van der Waals surface area contributed by atoms with Gasteiger partial charge in [0.2, 0.25) is 0 Å². The van der Waals surface area contributed by atoms with E-state index < -0.39 is 12.1 Å². The molecule has 0 spiro atoms. The molecule has 1 atom stereocenters. The Morgan fingerprint density at radius 2 is 2.26 bits per heavy atom. The van der Waals surface area contributed by atoms with Crippen LogP contribution in [0.4, 0.5) is 0 Å². The molecular weight excluding hydrogens is 372 g/mol. The third-order valence-electron chi connectivity index (χ3n) is 4.10. The molecule has 0 aliphatic carbocycles. The topological polar surface area (TPSA) is 98.2 Å². The first-order valence-electron chi connectivity index (χ1n) is 8.37. The molecule has 1 unspecified atom stereocenters. The molecule has 1 saturated heterocycles. The third-order valence-corrected chi connectivity index (χ3v) is 4.73. The van der Waals surface area contributed by atoms with Gasteiger partial charge in [0.1, 0.15) is 6.61 Å². The number of rotatable bonds is 7. The molecule has 9 heteroatoms. The fraction of sp³-hybridized carbons (Fsp3) is 0.389. The van der Waals surface area contributed by atoms with Crippen LogP contribution in [0, 0.1) is 0 Å². The fourth-order valence-corrected chi connectivity index (χ4v) is 3.33. The Bertz CT molecular complexity index is 795. The summed E-state index contributed by atoms with van der Waals surface area (Å²) in [5.74, 6) is -0.171. The van der Waals surface area contributed by atoms with Crippen LogP contribution in [0.1, 0.15) is 22.5 Å². The van der Waals surface area contributed by atoms with E-state index in [2.05, 4.69) is 4.98 Å². The maximum absolute atomic E-state index is 12.8. The van der Waals surface area contributed by atoms with Crippen LogP contribution in [-0.4, -0.2) is 59.8 Å². The van der Waals surface area contributed by atoms with E-state index in [4.69, 9.17) is 19.3 Å². The van der Waals surface area contributed by atoms with Crippen molar-refractivity contribution < 1.29 is 28.9 Å². The lowest BCUT2D eigenvalue weighted by molar-refractivity contribution is -0.141. The number of morpholine rings is 1. The smallest absolute Gasteiger partial charge is 0.306 e. The van der Waals surface area contributed by atoms with Gasteiger partial charge in [-0.3, -0.25) is 9.59 Å². The first kappa shape index (κ1) is 19.1. The summed E-state index contributed by atoms with van der Waals surface area (Å²) in [7, 11) is 1.51. The van der Waals surface area contributed by atoms with E-state index >= 15 is 0 Å². The van der Waals surface area contributed by atoms with E-state index in [1.54, 1.807) is 28.6 Å². The van der Waals surface area contributed by atoms with Gasteiger partial charge in [0.15, 0.2) is 11.5 Å². The Balaban J connectivity index is 1.68. The Kier molecular flexibility index (Phi) is 6.25. The van der Waals surface area contributed by atoms with Crippen molar-refractivity contribution in [2.45, 2.75) is 19.1 Å². The number of nitrogens with zero attached hydrogens (tertiary/aromatic N) is 2. The van der Waals surface area contributed by atoms with E-state index in [1.807, 2.05) is 5.38 Å². The normalized spacial score (nSPS) is 16.8. The number of carboxylic acid groups (broad SMARTS) is 1. The van der Waals surface area contributed by atoms with Crippen LogP contribution in [-0.2, 0) is 16.1 Å². The number of aromatic nitrogens is 1. The van der Waals surface area contributed by atoms with Gasteiger partial charge in [0.05, 0.1) is 37.4 Å². The van der Waals surface area contributed by atoms with Gasteiger partial charge in [-0.15, -0.1) is 11.3 Å². The first-order chi connectivity index (χ1) is 13.1. The maximum atomic E-state index is 12.8. The summed E-state index contributed by atoms with van der Waals surface area (Å²) in [6, 6.07) is 4.98. The minimum absolute atomic E-state index is 0.128. The predicted molar refractivity (Wildman–Crippen MR) is 97.3 cm³/mol. The largest absolute Gasteiger partial charge is 0.493 e. The van der Waals surface area contributed by atoms with E-state index in [0.29, 0.717) is 36.8 Å². The molecule has 1 amide bonds. The summed E-state index contributed by atoms with van der Waals surface area (Å²) < 4.78 is 16.5. The summed E-state index contributed by atoms with van der Waals surface area (Å²) in [5.41, 5.74) is 3.00. The quantitative estimate of drug-likeness (QED) is 0.770. The average molecular weight is 392 g/mol. The number of carboxylic acids is 1. The lowest BCUT2D eigenvalue weighted by Gasteiger charge is -2.32. The van der Waals surface area contributed by atoms with Crippen molar-refractivity contribution in [3.05, 3.63) is 40.3 Å². The highest BCUT2D eigenvalue weighted by molar-refractivity contribution is 7.07. The molecule has 0 radical (unpaired) electrons. The summed E-state index contributed by atoms with van der Waals surface area (Å²) in [6.45, 7) is 1.29. The highest BCUT2D eigenvalue weighted by atomic mass is 32.1. The molecule has 2 heterocycles. The zero-order chi connectivity index (χ0) is 19.2. The molecule has 2 aromatic rings. The van der Waals surface area contributed by atoms with Crippen LogP contribution in [0.3, 0.4) is 0 Å². The van der Waals surface area contributed by atoms with Gasteiger partial charge in [0, 0.05) is 24.0 Å². The van der Waals surface area contributed by atoms with Crippen LogP contribution in [0.15, 0.2) is 29.1 Å². The number of thiazole rings is 1. The van der Waals surface area contributed by atoms with Crippen molar-refractivity contribution >= 4 is 23.2 Å². The number of carbonyl (C=O) groups excluding carboxylic acids is 1. The average Bonchev–Trinajstić information content (AvgIpc) is 3.19. The Labute approximate surface area is 160 Å².